The van der Waals surface area contributed by atoms with Gasteiger partial charge < -0.3 is 5.73 Å². The molecule has 0 unspecified atom stereocenters. The van der Waals surface area contributed by atoms with Gasteiger partial charge in [-0.1, -0.05) is 5.92 Å². The minimum atomic E-state index is 0.377. The summed E-state index contributed by atoms with van der Waals surface area (Å²) in [6.45, 7) is 0.377. The van der Waals surface area contributed by atoms with E-state index in [0.717, 1.165) is 11.1 Å². The van der Waals surface area contributed by atoms with E-state index in [4.69, 9.17) is 5.73 Å². The maximum atomic E-state index is 5.30. The first-order chi connectivity index (χ1) is 6.42. The Kier molecular flexibility index (Phi) is 2.26. The van der Waals surface area contributed by atoms with Crippen LogP contribution in [0.1, 0.15) is 5.69 Å². The lowest BCUT2D eigenvalue weighted by atomic mass is 10.2. The van der Waals surface area contributed by atoms with E-state index in [-0.39, 0.29) is 0 Å². The van der Waals surface area contributed by atoms with Crippen LogP contribution in [0.3, 0.4) is 0 Å². The lowest BCUT2D eigenvalue weighted by Crippen LogP contribution is -1.93. The number of nitrogens with two attached hydrogens (primary N) is 1. The van der Waals surface area contributed by atoms with Crippen molar-refractivity contribution in [2.75, 3.05) is 6.54 Å². The molecule has 2 heterocycles. The monoisotopic (exact) mass is 188 g/mol. The van der Waals surface area contributed by atoms with Crippen molar-refractivity contribution in [3.8, 4) is 11.8 Å². The van der Waals surface area contributed by atoms with Gasteiger partial charge in [-0.3, -0.25) is 0 Å². The Hall–Kier alpha value is -1.37. The molecular formula is C10H8N2S. The zero-order chi connectivity index (χ0) is 9.10. The maximum Gasteiger partial charge on any atom is 0.121 e. The van der Waals surface area contributed by atoms with Gasteiger partial charge >= 0.3 is 0 Å². The molecule has 64 valence electrons. The molecule has 0 atom stereocenters. The Morgan fingerprint density at radius 1 is 1.46 bits per heavy atom. The van der Waals surface area contributed by atoms with Crippen molar-refractivity contribution in [1.82, 2.24) is 4.98 Å². The Labute approximate surface area is 80.4 Å². The van der Waals surface area contributed by atoms with E-state index in [1.54, 1.807) is 17.5 Å². The number of thiophene rings is 1. The topological polar surface area (TPSA) is 38.9 Å². The number of hydrogen-bond acceptors (Lipinski definition) is 3. The van der Waals surface area contributed by atoms with Crippen molar-refractivity contribution in [3.63, 3.8) is 0 Å². The molecule has 3 heteroatoms. The second-order valence-corrected chi connectivity index (χ2v) is 3.45. The van der Waals surface area contributed by atoms with Gasteiger partial charge in [0.05, 0.1) is 6.54 Å². The summed E-state index contributed by atoms with van der Waals surface area (Å²) in [5, 5.41) is 3.16. The minimum absolute atomic E-state index is 0.377. The van der Waals surface area contributed by atoms with E-state index in [1.165, 1.54) is 4.70 Å². The summed E-state index contributed by atoms with van der Waals surface area (Å²) >= 11 is 1.70. The maximum absolute atomic E-state index is 5.30. The predicted octanol–water partition coefficient (Wildman–Crippen LogP) is 1.61. The number of fused-ring (bicyclic) bond motifs is 1. The fourth-order valence-electron chi connectivity index (χ4n) is 1.13. The number of aromatic nitrogens is 1. The van der Waals surface area contributed by atoms with Gasteiger partial charge in [0.15, 0.2) is 0 Å². The molecule has 0 amide bonds. The van der Waals surface area contributed by atoms with Crippen LogP contribution in [-0.4, -0.2) is 11.5 Å². The van der Waals surface area contributed by atoms with Crippen molar-refractivity contribution >= 4 is 21.4 Å². The van der Waals surface area contributed by atoms with Crippen LogP contribution in [0.25, 0.3) is 10.1 Å². The Morgan fingerprint density at radius 2 is 2.38 bits per heavy atom. The van der Waals surface area contributed by atoms with E-state index < -0.39 is 0 Å². The number of hydrogen-bond donors (Lipinski definition) is 1. The van der Waals surface area contributed by atoms with Crippen LogP contribution in [0.4, 0.5) is 0 Å². The third-order valence-electron chi connectivity index (χ3n) is 1.69. The lowest BCUT2D eigenvalue weighted by molar-refractivity contribution is 1.29. The molecule has 2 aromatic heterocycles. The standard InChI is InChI=1S/C10H8N2S/c11-5-1-2-9-8-4-7-13-10(8)3-6-12-9/h3-4,6-7H,5,11H2. The van der Waals surface area contributed by atoms with E-state index >= 15 is 0 Å². The molecule has 0 aliphatic rings. The predicted molar refractivity (Wildman–Crippen MR) is 55.6 cm³/mol. The third kappa shape index (κ3) is 1.55. The Morgan fingerprint density at radius 3 is 3.23 bits per heavy atom. The first kappa shape index (κ1) is 8.24. The molecule has 0 radical (unpaired) electrons. The van der Waals surface area contributed by atoms with Crippen molar-refractivity contribution in [2.45, 2.75) is 0 Å². The first-order valence-corrected chi connectivity index (χ1v) is 4.81. The van der Waals surface area contributed by atoms with Crippen molar-refractivity contribution in [3.05, 3.63) is 29.4 Å². The number of rotatable bonds is 0. The number of nitrogens with zero attached hydrogens (tertiary/aromatic N) is 1. The van der Waals surface area contributed by atoms with Gasteiger partial charge in [0.2, 0.25) is 0 Å². The molecule has 13 heavy (non-hydrogen) atoms. The van der Waals surface area contributed by atoms with Crippen molar-refractivity contribution in [1.29, 1.82) is 0 Å². The highest BCUT2D eigenvalue weighted by atomic mass is 32.1. The molecule has 0 bridgehead atoms. The first-order valence-electron chi connectivity index (χ1n) is 3.93. The second-order valence-electron chi connectivity index (χ2n) is 2.50. The summed E-state index contributed by atoms with van der Waals surface area (Å²) in [6.07, 6.45) is 1.78. The fourth-order valence-corrected chi connectivity index (χ4v) is 1.91. The average molecular weight is 188 g/mol. The SMILES string of the molecule is NCC#Cc1nccc2sccc12. The molecule has 2 aromatic rings. The average Bonchev–Trinajstić information content (AvgIpc) is 2.62. The lowest BCUT2D eigenvalue weighted by Gasteiger charge is -1.91. The molecule has 2 N–H and O–H groups in total. The molecule has 0 aliphatic heterocycles. The summed E-state index contributed by atoms with van der Waals surface area (Å²) in [7, 11) is 0. The third-order valence-corrected chi connectivity index (χ3v) is 2.57. The summed E-state index contributed by atoms with van der Waals surface area (Å²) in [5.41, 5.74) is 6.12. The van der Waals surface area contributed by atoms with Gasteiger partial charge in [-0.15, -0.1) is 11.3 Å². The highest BCUT2D eigenvalue weighted by molar-refractivity contribution is 7.17. The summed E-state index contributed by atoms with van der Waals surface area (Å²) in [5.74, 6) is 5.76. The smallest absolute Gasteiger partial charge is 0.121 e. The van der Waals surface area contributed by atoms with Gasteiger partial charge in [-0.25, -0.2) is 4.98 Å². The van der Waals surface area contributed by atoms with Gasteiger partial charge in [-0.05, 0) is 23.4 Å². The molecule has 0 spiro atoms. The van der Waals surface area contributed by atoms with Crippen molar-refractivity contribution in [2.24, 2.45) is 5.73 Å². The van der Waals surface area contributed by atoms with Crippen LogP contribution in [0.15, 0.2) is 23.7 Å². The Bertz CT molecular complexity index is 476. The van der Waals surface area contributed by atoms with E-state index in [9.17, 15) is 0 Å². The molecular weight excluding hydrogens is 180 g/mol. The second kappa shape index (κ2) is 3.56. The van der Waals surface area contributed by atoms with Gasteiger partial charge in [0.1, 0.15) is 5.69 Å². The largest absolute Gasteiger partial charge is 0.320 e. The quantitative estimate of drug-likeness (QED) is 0.638. The summed E-state index contributed by atoms with van der Waals surface area (Å²) in [6, 6.07) is 4.03. The van der Waals surface area contributed by atoms with Gasteiger partial charge in [0, 0.05) is 16.3 Å². The van der Waals surface area contributed by atoms with Crippen LogP contribution in [0.5, 0.6) is 0 Å². The fraction of sp³-hybridized carbons (Fsp3) is 0.100. The van der Waals surface area contributed by atoms with Gasteiger partial charge in [-0.2, -0.15) is 0 Å². The van der Waals surface area contributed by atoms with E-state index in [1.807, 2.05) is 17.5 Å². The van der Waals surface area contributed by atoms with Gasteiger partial charge in [0.25, 0.3) is 0 Å². The zero-order valence-corrected chi connectivity index (χ0v) is 7.77. The molecule has 0 aliphatic carbocycles. The van der Waals surface area contributed by atoms with Crippen LogP contribution in [0, 0.1) is 11.8 Å². The van der Waals surface area contributed by atoms with Crippen LogP contribution < -0.4 is 5.73 Å². The zero-order valence-electron chi connectivity index (χ0n) is 6.95. The molecule has 0 saturated heterocycles. The van der Waals surface area contributed by atoms with Crippen LogP contribution in [-0.2, 0) is 0 Å². The molecule has 0 aromatic carbocycles. The van der Waals surface area contributed by atoms with Crippen molar-refractivity contribution < 1.29 is 0 Å². The normalized spacial score (nSPS) is 9.62. The van der Waals surface area contributed by atoms with Crippen LogP contribution >= 0.6 is 11.3 Å². The highest BCUT2D eigenvalue weighted by Gasteiger charge is 1.98. The summed E-state index contributed by atoms with van der Waals surface area (Å²) in [4.78, 5) is 4.19. The van der Waals surface area contributed by atoms with E-state index in [0.29, 0.717) is 6.54 Å². The molecule has 0 saturated carbocycles. The van der Waals surface area contributed by atoms with E-state index in [2.05, 4.69) is 16.8 Å². The molecule has 0 fully saturated rings. The highest BCUT2D eigenvalue weighted by Crippen LogP contribution is 2.21. The summed E-state index contributed by atoms with van der Waals surface area (Å²) < 4.78 is 1.22. The Balaban J connectivity index is 2.61. The molecule has 2 rings (SSSR count). The minimum Gasteiger partial charge on any atom is -0.320 e. The number of pyridine rings is 1. The molecule has 2 nitrogen and oxygen atoms in total. The van der Waals surface area contributed by atoms with Crippen LogP contribution in [0.2, 0.25) is 0 Å².